The number of β-amino-alcohol motifs (C(OH)–C–C–N with tert-alkyl or cyclic N) is 1. The summed E-state index contributed by atoms with van der Waals surface area (Å²) >= 11 is 0. The van der Waals surface area contributed by atoms with Gasteiger partial charge in [0, 0.05) is 45.0 Å². The quantitative estimate of drug-likeness (QED) is 0.890. The number of aryl methyl sites for hydroxylation is 1. The van der Waals surface area contributed by atoms with Crippen LogP contribution in [0.1, 0.15) is 23.6 Å². The number of aliphatic hydroxyl groups excluding tert-OH is 1. The number of benzene rings is 1. The molecule has 1 N–H and O–H groups in total. The van der Waals surface area contributed by atoms with E-state index in [1.165, 1.54) is 29.9 Å². The Morgan fingerprint density at radius 3 is 2.75 bits per heavy atom. The molecule has 2 aromatic rings. The van der Waals surface area contributed by atoms with Gasteiger partial charge in [0.25, 0.3) is 5.56 Å². The Labute approximate surface area is 138 Å². The topological polar surface area (TPSA) is 67.5 Å². The smallest absolute Gasteiger partial charge is 0.330 e. The van der Waals surface area contributed by atoms with E-state index in [1.54, 1.807) is 13.1 Å². The minimum absolute atomic E-state index is 0.169. The summed E-state index contributed by atoms with van der Waals surface area (Å²) in [6.45, 7) is 0.687. The summed E-state index contributed by atoms with van der Waals surface area (Å²) < 4.78 is 15.9. The SMILES string of the molecule is Cn1cc(CN2C[C@@H](O)C[C@@H]2c2cccc(F)c2)c(=O)n(C)c1=O. The maximum Gasteiger partial charge on any atom is 0.330 e. The second kappa shape index (κ2) is 6.33. The standard InChI is InChI=1S/C17H20FN3O3/c1-19-8-12(16(23)20(2)17(19)24)9-21-10-14(22)7-15(21)11-4-3-5-13(18)6-11/h3-6,8,14-15,22H,7,9-10H2,1-2H3/t14-,15+/m0/s1. The highest BCUT2D eigenvalue weighted by atomic mass is 19.1. The Morgan fingerprint density at radius 1 is 1.29 bits per heavy atom. The number of halogens is 1. The number of nitrogens with zero attached hydrogens (tertiary/aromatic N) is 3. The molecule has 0 aliphatic carbocycles. The van der Waals surface area contributed by atoms with E-state index in [2.05, 4.69) is 0 Å². The third-order valence-electron chi connectivity index (χ3n) is 4.51. The van der Waals surface area contributed by atoms with Crippen molar-refractivity contribution in [2.24, 2.45) is 14.1 Å². The van der Waals surface area contributed by atoms with E-state index in [-0.39, 0.29) is 23.1 Å². The van der Waals surface area contributed by atoms with Crippen molar-refractivity contribution in [3.05, 3.63) is 68.2 Å². The van der Waals surface area contributed by atoms with Gasteiger partial charge in [-0.1, -0.05) is 12.1 Å². The lowest BCUT2D eigenvalue weighted by atomic mass is 10.0. The van der Waals surface area contributed by atoms with Crippen LogP contribution in [-0.2, 0) is 20.6 Å². The third-order valence-corrected chi connectivity index (χ3v) is 4.51. The van der Waals surface area contributed by atoms with Crippen LogP contribution in [-0.4, -0.2) is 31.8 Å². The molecule has 2 heterocycles. The van der Waals surface area contributed by atoms with E-state index >= 15 is 0 Å². The monoisotopic (exact) mass is 333 g/mol. The molecule has 3 rings (SSSR count). The highest BCUT2D eigenvalue weighted by molar-refractivity contribution is 5.22. The maximum atomic E-state index is 13.5. The molecule has 0 spiro atoms. The van der Waals surface area contributed by atoms with Gasteiger partial charge in [0.2, 0.25) is 0 Å². The van der Waals surface area contributed by atoms with Crippen LogP contribution in [0, 0.1) is 5.82 Å². The highest BCUT2D eigenvalue weighted by Gasteiger charge is 2.32. The number of likely N-dealkylation sites (tertiary alicyclic amines) is 1. The van der Waals surface area contributed by atoms with Crippen LogP contribution in [0.25, 0.3) is 0 Å². The predicted octanol–water partition coefficient (Wildman–Crippen LogP) is 0.531. The Morgan fingerprint density at radius 2 is 2.04 bits per heavy atom. The lowest BCUT2D eigenvalue weighted by Crippen LogP contribution is -2.40. The minimum Gasteiger partial charge on any atom is -0.392 e. The zero-order valence-corrected chi connectivity index (χ0v) is 13.6. The van der Waals surface area contributed by atoms with Crippen molar-refractivity contribution in [3.8, 4) is 0 Å². The lowest BCUT2D eigenvalue weighted by molar-refractivity contribution is 0.172. The Hall–Kier alpha value is -2.25. The van der Waals surface area contributed by atoms with E-state index in [0.29, 0.717) is 25.1 Å². The van der Waals surface area contributed by atoms with Crippen LogP contribution in [0.2, 0.25) is 0 Å². The molecule has 6 nitrogen and oxygen atoms in total. The van der Waals surface area contributed by atoms with Crippen molar-refractivity contribution in [2.75, 3.05) is 6.54 Å². The molecule has 1 aromatic carbocycles. The van der Waals surface area contributed by atoms with Gasteiger partial charge in [-0.15, -0.1) is 0 Å². The zero-order chi connectivity index (χ0) is 17.4. The van der Waals surface area contributed by atoms with E-state index in [1.807, 2.05) is 11.0 Å². The zero-order valence-electron chi connectivity index (χ0n) is 13.6. The van der Waals surface area contributed by atoms with E-state index in [0.717, 1.165) is 10.1 Å². The molecule has 24 heavy (non-hydrogen) atoms. The average Bonchev–Trinajstić information content (AvgIpc) is 2.91. The Bertz CT molecular complexity index is 874. The molecule has 1 aromatic heterocycles. The molecule has 1 saturated heterocycles. The van der Waals surface area contributed by atoms with Crippen molar-refractivity contribution in [1.29, 1.82) is 0 Å². The molecule has 1 aliphatic rings. The molecule has 7 heteroatoms. The minimum atomic E-state index is -0.533. The molecule has 0 bridgehead atoms. The Kier molecular flexibility index (Phi) is 4.38. The molecule has 0 saturated carbocycles. The van der Waals surface area contributed by atoms with Crippen LogP contribution in [0.3, 0.4) is 0 Å². The first-order valence-electron chi connectivity index (χ1n) is 7.80. The number of aliphatic hydroxyl groups is 1. The van der Waals surface area contributed by atoms with Gasteiger partial charge < -0.3 is 9.67 Å². The van der Waals surface area contributed by atoms with Gasteiger partial charge in [-0.2, -0.15) is 0 Å². The highest BCUT2D eigenvalue weighted by Crippen LogP contribution is 2.33. The lowest BCUT2D eigenvalue weighted by Gasteiger charge is -2.24. The number of hydrogen-bond acceptors (Lipinski definition) is 4. The van der Waals surface area contributed by atoms with Crippen molar-refractivity contribution in [2.45, 2.75) is 25.1 Å². The first-order chi connectivity index (χ1) is 11.4. The van der Waals surface area contributed by atoms with Gasteiger partial charge in [-0.3, -0.25) is 14.3 Å². The average molecular weight is 333 g/mol. The molecule has 0 amide bonds. The van der Waals surface area contributed by atoms with Crippen LogP contribution < -0.4 is 11.2 Å². The molecule has 2 atom stereocenters. The molecule has 1 aliphatic heterocycles. The summed E-state index contributed by atoms with van der Waals surface area (Å²) in [7, 11) is 3.03. The van der Waals surface area contributed by atoms with Gasteiger partial charge in [-0.25, -0.2) is 9.18 Å². The van der Waals surface area contributed by atoms with Crippen LogP contribution in [0.4, 0.5) is 4.39 Å². The maximum absolute atomic E-state index is 13.5. The number of rotatable bonds is 3. The van der Waals surface area contributed by atoms with Crippen LogP contribution in [0.5, 0.6) is 0 Å². The van der Waals surface area contributed by atoms with Crippen molar-refractivity contribution < 1.29 is 9.50 Å². The van der Waals surface area contributed by atoms with Crippen molar-refractivity contribution in [1.82, 2.24) is 14.0 Å². The van der Waals surface area contributed by atoms with E-state index < -0.39 is 6.10 Å². The second-order valence-corrected chi connectivity index (χ2v) is 6.30. The van der Waals surface area contributed by atoms with Gasteiger partial charge in [0.1, 0.15) is 5.82 Å². The normalized spacial score (nSPS) is 21.3. The molecular formula is C17H20FN3O3. The van der Waals surface area contributed by atoms with Crippen LogP contribution in [0.15, 0.2) is 40.1 Å². The van der Waals surface area contributed by atoms with Crippen LogP contribution >= 0.6 is 0 Å². The second-order valence-electron chi connectivity index (χ2n) is 6.30. The van der Waals surface area contributed by atoms with Crippen molar-refractivity contribution >= 4 is 0 Å². The molecule has 0 radical (unpaired) electrons. The van der Waals surface area contributed by atoms with Gasteiger partial charge in [-0.05, 0) is 24.1 Å². The summed E-state index contributed by atoms with van der Waals surface area (Å²) in [5, 5.41) is 10.0. The summed E-state index contributed by atoms with van der Waals surface area (Å²) in [5.74, 6) is -0.327. The first kappa shape index (κ1) is 16.6. The third kappa shape index (κ3) is 3.05. The van der Waals surface area contributed by atoms with E-state index in [4.69, 9.17) is 0 Å². The number of hydrogen-bond donors (Lipinski definition) is 1. The van der Waals surface area contributed by atoms with Gasteiger partial charge in [0.15, 0.2) is 0 Å². The summed E-state index contributed by atoms with van der Waals surface area (Å²) in [6, 6.07) is 6.12. The van der Waals surface area contributed by atoms with E-state index in [9.17, 15) is 19.1 Å². The summed E-state index contributed by atoms with van der Waals surface area (Å²) in [4.78, 5) is 26.0. The molecular weight excluding hydrogens is 313 g/mol. The predicted molar refractivity (Wildman–Crippen MR) is 87.1 cm³/mol. The van der Waals surface area contributed by atoms with Crippen molar-refractivity contribution in [3.63, 3.8) is 0 Å². The summed E-state index contributed by atoms with van der Waals surface area (Å²) in [5.41, 5.74) is 0.507. The molecule has 0 unspecified atom stereocenters. The fourth-order valence-corrected chi connectivity index (χ4v) is 3.33. The summed E-state index contributed by atoms with van der Waals surface area (Å²) in [6.07, 6.45) is 1.47. The largest absolute Gasteiger partial charge is 0.392 e. The fourth-order valence-electron chi connectivity index (χ4n) is 3.33. The molecule has 128 valence electrons. The first-order valence-corrected chi connectivity index (χ1v) is 7.80. The van der Waals surface area contributed by atoms with Gasteiger partial charge in [0.05, 0.1) is 6.10 Å². The number of aromatic nitrogens is 2. The Balaban J connectivity index is 1.94. The van der Waals surface area contributed by atoms with Gasteiger partial charge >= 0.3 is 5.69 Å². The molecule has 1 fully saturated rings. The fraction of sp³-hybridized carbons (Fsp3) is 0.412.